The molecular weight excluding hydrogens is 202 g/mol. The predicted octanol–water partition coefficient (Wildman–Crippen LogP) is 2.98. The molecule has 0 fully saturated rings. The van der Waals surface area contributed by atoms with Crippen molar-refractivity contribution < 1.29 is 9.53 Å². The van der Waals surface area contributed by atoms with Crippen LogP contribution < -0.4 is 0 Å². The summed E-state index contributed by atoms with van der Waals surface area (Å²) in [6, 6.07) is 7.49. The van der Waals surface area contributed by atoms with Gasteiger partial charge in [-0.3, -0.25) is 0 Å². The Bertz CT molecular complexity index is 499. The summed E-state index contributed by atoms with van der Waals surface area (Å²) in [6.07, 6.45) is 1.86. The lowest BCUT2D eigenvalue weighted by Crippen LogP contribution is -2.09. The van der Waals surface area contributed by atoms with Crippen LogP contribution in [0.2, 0.25) is 0 Å². The second-order valence-corrected chi connectivity index (χ2v) is 4.27. The molecular formula is C13H15NO2. The molecule has 0 aliphatic rings. The quantitative estimate of drug-likeness (QED) is 0.803. The summed E-state index contributed by atoms with van der Waals surface area (Å²) in [4.78, 5) is 14.8. The van der Waals surface area contributed by atoms with Crippen molar-refractivity contribution >= 4 is 16.9 Å². The van der Waals surface area contributed by atoms with Crippen LogP contribution in [-0.2, 0) is 4.74 Å². The average Bonchev–Trinajstić information content (AvgIpc) is 2.72. The van der Waals surface area contributed by atoms with E-state index >= 15 is 0 Å². The maximum absolute atomic E-state index is 11.7. The maximum Gasteiger partial charge on any atom is 0.338 e. The Hall–Kier alpha value is -1.77. The van der Waals surface area contributed by atoms with Crippen LogP contribution in [0.1, 0.15) is 24.2 Å². The maximum atomic E-state index is 11.7. The first-order valence-electron chi connectivity index (χ1n) is 5.41. The highest BCUT2D eigenvalue weighted by atomic mass is 16.5. The summed E-state index contributed by atoms with van der Waals surface area (Å²) in [5.74, 6) is 0.100. The van der Waals surface area contributed by atoms with Gasteiger partial charge in [-0.2, -0.15) is 0 Å². The third kappa shape index (κ3) is 2.24. The highest BCUT2D eigenvalue weighted by molar-refractivity contribution is 5.94. The monoisotopic (exact) mass is 217 g/mol. The molecule has 0 unspecified atom stereocenters. The minimum atomic E-state index is -0.259. The Balaban J connectivity index is 2.16. The predicted molar refractivity (Wildman–Crippen MR) is 63.4 cm³/mol. The second kappa shape index (κ2) is 4.39. The average molecular weight is 217 g/mol. The van der Waals surface area contributed by atoms with Gasteiger partial charge in [-0.05, 0) is 29.5 Å². The molecule has 0 spiro atoms. The number of fused-ring (bicyclic) bond motifs is 1. The Labute approximate surface area is 94.4 Å². The zero-order valence-corrected chi connectivity index (χ0v) is 9.49. The smallest absolute Gasteiger partial charge is 0.338 e. The highest BCUT2D eigenvalue weighted by Crippen LogP contribution is 2.15. The van der Waals surface area contributed by atoms with E-state index in [0.29, 0.717) is 18.1 Å². The number of ether oxygens (including phenoxy) is 1. The first-order chi connectivity index (χ1) is 7.66. The molecule has 0 saturated heterocycles. The molecule has 0 atom stereocenters. The van der Waals surface area contributed by atoms with Gasteiger partial charge in [0.05, 0.1) is 12.2 Å². The lowest BCUT2D eigenvalue weighted by molar-refractivity contribution is 0.0459. The minimum Gasteiger partial charge on any atom is -0.462 e. The Kier molecular flexibility index (Phi) is 2.95. The van der Waals surface area contributed by atoms with E-state index in [-0.39, 0.29) is 5.97 Å². The van der Waals surface area contributed by atoms with Gasteiger partial charge in [0.15, 0.2) is 0 Å². The van der Waals surface area contributed by atoms with E-state index in [1.54, 1.807) is 6.07 Å². The van der Waals surface area contributed by atoms with Crippen LogP contribution in [-0.4, -0.2) is 17.6 Å². The normalized spacial score (nSPS) is 10.9. The van der Waals surface area contributed by atoms with Gasteiger partial charge in [-0.1, -0.05) is 19.9 Å². The van der Waals surface area contributed by atoms with Crippen LogP contribution in [0.25, 0.3) is 10.9 Å². The molecule has 2 rings (SSSR count). The number of esters is 1. The summed E-state index contributed by atoms with van der Waals surface area (Å²) in [7, 11) is 0. The van der Waals surface area contributed by atoms with Gasteiger partial charge in [-0.15, -0.1) is 0 Å². The molecule has 0 saturated carbocycles. The molecule has 16 heavy (non-hydrogen) atoms. The molecule has 2 aromatic rings. The third-order valence-corrected chi connectivity index (χ3v) is 2.34. The first kappa shape index (κ1) is 10.7. The molecule has 1 aromatic heterocycles. The van der Waals surface area contributed by atoms with Crippen LogP contribution in [0, 0.1) is 5.92 Å². The number of carbonyl (C=O) groups excluding carboxylic acids is 1. The van der Waals surface area contributed by atoms with Gasteiger partial charge in [0.2, 0.25) is 0 Å². The van der Waals surface area contributed by atoms with E-state index in [1.165, 1.54) is 0 Å². The minimum absolute atomic E-state index is 0.259. The number of hydrogen-bond donors (Lipinski definition) is 1. The molecule has 0 aliphatic heterocycles. The van der Waals surface area contributed by atoms with E-state index in [0.717, 1.165) is 10.9 Å². The van der Waals surface area contributed by atoms with Gasteiger partial charge >= 0.3 is 5.97 Å². The van der Waals surface area contributed by atoms with Crippen LogP contribution in [0.4, 0.5) is 0 Å². The fourth-order valence-corrected chi connectivity index (χ4v) is 1.50. The number of benzene rings is 1. The van der Waals surface area contributed by atoms with Gasteiger partial charge in [0, 0.05) is 11.7 Å². The number of nitrogens with one attached hydrogen (secondary N) is 1. The number of aromatic nitrogens is 1. The van der Waals surface area contributed by atoms with Crippen molar-refractivity contribution in [1.82, 2.24) is 4.98 Å². The lowest BCUT2D eigenvalue weighted by atomic mass is 10.1. The van der Waals surface area contributed by atoms with Crippen molar-refractivity contribution in [3.8, 4) is 0 Å². The topological polar surface area (TPSA) is 42.1 Å². The summed E-state index contributed by atoms with van der Waals surface area (Å²) in [5.41, 5.74) is 1.55. The zero-order valence-electron chi connectivity index (χ0n) is 9.49. The summed E-state index contributed by atoms with van der Waals surface area (Å²) in [5, 5.41) is 1.10. The summed E-state index contributed by atoms with van der Waals surface area (Å²) < 4.78 is 5.16. The molecule has 1 aromatic carbocycles. The Morgan fingerprint density at radius 1 is 1.38 bits per heavy atom. The number of H-pyrrole nitrogens is 1. The van der Waals surface area contributed by atoms with Crippen LogP contribution in [0.5, 0.6) is 0 Å². The molecule has 0 amide bonds. The number of carbonyl (C=O) groups is 1. The molecule has 0 bridgehead atoms. The van der Waals surface area contributed by atoms with Gasteiger partial charge in [0.1, 0.15) is 0 Å². The van der Waals surface area contributed by atoms with E-state index < -0.39 is 0 Å². The van der Waals surface area contributed by atoms with Crippen LogP contribution in [0.3, 0.4) is 0 Å². The van der Waals surface area contributed by atoms with Crippen molar-refractivity contribution in [2.75, 3.05) is 6.61 Å². The lowest BCUT2D eigenvalue weighted by Gasteiger charge is -2.06. The van der Waals surface area contributed by atoms with Crippen LogP contribution in [0.15, 0.2) is 30.5 Å². The molecule has 1 heterocycles. The van der Waals surface area contributed by atoms with Crippen molar-refractivity contribution in [2.45, 2.75) is 13.8 Å². The Morgan fingerprint density at radius 3 is 2.94 bits per heavy atom. The fraction of sp³-hybridized carbons (Fsp3) is 0.308. The number of rotatable bonds is 3. The molecule has 84 valence electrons. The number of hydrogen-bond acceptors (Lipinski definition) is 2. The summed E-state index contributed by atoms with van der Waals surface area (Å²) in [6.45, 7) is 4.49. The van der Waals surface area contributed by atoms with Crippen molar-refractivity contribution in [3.05, 3.63) is 36.0 Å². The molecule has 1 N–H and O–H groups in total. The highest BCUT2D eigenvalue weighted by Gasteiger charge is 2.08. The number of aromatic amines is 1. The molecule has 0 radical (unpaired) electrons. The zero-order chi connectivity index (χ0) is 11.5. The fourth-order valence-electron chi connectivity index (χ4n) is 1.50. The van der Waals surface area contributed by atoms with E-state index in [4.69, 9.17) is 4.74 Å². The molecule has 3 heteroatoms. The van der Waals surface area contributed by atoms with Gasteiger partial charge in [0.25, 0.3) is 0 Å². The van der Waals surface area contributed by atoms with Crippen molar-refractivity contribution in [1.29, 1.82) is 0 Å². The second-order valence-electron chi connectivity index (χ2n) is 4.27. The van der Waals surface area contributed by atoms with E-state index in [9.17, 15) is 4.79 Å². The summed E-state index contributed by atoms with van der Waals surface area (Å²) >= 11 is 0. The van der Waals surface area contributed by atoms with Crippen molar-refractivity contribution in [2.24, 2.45) is 5.92 Å². The SMILES string of the molecule is CC(C)COC(=O)c1ccc2cc[nH]c2c1. The van der Waals surface area contributed by atoms with Gasteiger partial charge < -0.3 is 9.72 Å². The van der Waals surface area contributed by atoms with E-state index in [2.05, 4.69) is 4.98 Å². The molecule has 3 nitrogen and oxygen atoms in total. The van der Waals surface area contributed by atoms with Gasteiger partial charge in [-0.25, -0.2) is 4.79 Å². The van der Waals surface area contributed by atoms with Crippen LogP contribution >= 0.6 is 0 Å². The largest absolute Gasteiger partial charge is 0.462 e. The van der Waals surface area contributed by atoms with Crippen molar-refractivity contribution in [3.63, 3.8) is 0 Å². The molecule has 0 aliphatic carbocycles. The first-order valence-corrected chi connectivity index (χ1v) is 5.41. The standard InChI is InChI=1S/C13H15NO2/c1-9(2)8-16-13(15)11-4-3-10-5-6-14-12(10)7-11/h3-7,9,14H,8H2,1-2H3. The third-order valence-electron chi connectivity index (χ3n) is 2.34. The Morgan fingerprint density at radius 2 is 2.19 bits per heavy atom. The van der Waals surface area contributed by atoms with E-state index in [1.807, 2.05) is 38.2 Å².